The molecule has 0 aliphatic heterocycles. The van der Waals surface area contributed by atoms with E-state index in [0.717, 1.165) is 25.9 Å². The molecule has 0 bridgehead atoms. The summed E-state index contributed by atoms with van der Waals surface area (Å²) in [4.78, 5) is 13.0. The van der Waals surface area contributed by atoms with E-state index in [4.69, 9.17) is 5.11 Å². The zero-order valence-electron chi connectivity index (χ0n) is 11.3. The summed E-state index contributed by atoms with van der Waals surface area (Å²) in [7, 11) is 0. The van der Waals surface area contributed by atoms with Crippen LogP contribution in [-0.2, 0) is 11.2 Å². The van der Waals surface area contributed by atoms with Crippen LogP contribution in [-0.4, -0.2) is 35.6 Å². The van der Waals surface area contributed by atoms with Gasteiger partial charge in [-0.1, -0.05) is 44.2 Å². The fourth-order valence-electron chi connectivity index (χ4n) is 2.00. The van der Waals surface area contributed by atoms with Gasteiger partial charge in [0.25, 0.3) is 0 Å². The second kappa shape index (κ2) is 7.88. The molecule has 0 aromatic heterocycles. The monoisotopic (exact) mass is 249 g/mol. The van der Waals surface area contributed by atoms with E-state index >= 15 is 0 Å². The number of carboxylic acid groups (broad SMARTS) is 1. The highest BCUT2D eigenvalue weighted by Gasteiger charge is 2.14. The first-order valence-electron chi connectivity index (χ1n) is 6.62. The number of hydrogen-bond acceptors (Lipinski definition) is 2. The molecule has 1 atom stereocenters. The Morgan fingerprint density at radius 3 is 2.56 bits per heavy atom. The van der Waals surface area contributed by atoms with Gasteiger partial charge in [0.2, 0.25) is 0 Å². The van der Waals surface area contributed by atoms with Crippen molar-refractivity contribution in [3.8, 4) is 0 Å². The van der Waals surface area contributed by atoms with Gasteiger partial charge in [0.1, 0.15) is 0 Å². The molecule has 0 spiro atoms. The molecule has 0 amide bonds. The molecule has 3 nitrogen and oxygen atoms in total. The van der Waals surface area contributed by atoms with Crippen LogP contribution < -0.4 is 0 Å². The number of carbonyl (C=O) groups is 1. The first-order valence-corrected chi connectivity index (χ1v) is 6.62. The van der Waals surface area contributed by atoms with Gasteiger partial charge in [-0.05, 0) is 31.5 Å². The van der Waals surface area contributed by atoms with Crippen molar-refractivity contribution in [2.45, 2.75) is 26.7 Å². The first-order chi connectivity index (χ1) is 8.63. The quantitative estimate of drug-likeness (QED) is 0.770. The van der Waals surface area contributed by atoms with Crippen LogP contribution in [0.3, 0.4) is 0 Å². The van der Waals surface area contributed by atoms with E-state index in [2.05, 4.69) is 36.1 Å². The maximum absolute atomic E-state index is 10.8. The molecule has 18 heavy (non-hydrogen) atoms. The summed E-state index contributed by atoms with van der Waals surface area (Å²) in [6.45, 7) is 6.36. The van der Waals surface area contributed by atoms with Crippen molar-refractivity contribution in [2.75, 3.05) is 19.6 Å². The standard InChI is InChI=1S/C15H23NO2/c1-3-16(12-13(2)15(17)18)11-7-10-14-8-5-4-6-9-14/h4-6,8-9,13H,3,7,10-12H2,1-2H3,(H,17,18). The summed E-state index contributed by atoms with van der Waals surface area (Å²) >= 11 is 0. The van der Waals surface area contributed by atoms with Gasteiger partial charge in [0.05, 0.1) is 5.92 Å². The van der Waals surface area contributed by atoms with Crippen molar-refractivity contribution in [1.29, 1.82) is 0 Å². The predicted molar refractivity (Wildman–Crippen MR) is 73.7 cm³/mol. The molecule has 100 valence electrons. The summed E-state index contributed by atoms with van der Waals surface area (Å²) in [5.41, 5.74) is 1.35. The van der Waals surface area contributed by atoms with Crippen LogP contribution in [0.15, 0.2) is 30.3 Å². The first kappa shape index (κ1) is 14.7. The molecule has 0 heterocycles. The van der Waals surface area contributed by atoms with E-state index < -0.39 is 5.97 Å². The number of rotatable bonds is 8. The average molecular weight is 249 g/mol. The maximum atomic E-state index is 10.8. The second-order valence-corrected chi connectivity index (χ2v) is 4.72. The molecule has 0 radical (unpaired) electrons. The van der Waals surface area contributed by atoms with E-state index in [-0.39, 0.29) is 5.92 Å². The molecule has 0 aliphatic rings. The summed E-state index contributed by atoms with van der Waals surface area (Å²) in [6, 6.07) is 10.4. The van der Waals surface area contributed by atoms with Crippen molar-refractivity contribution in [3.63, 3.8) is 0 Å². The van der Waals surface area contributed by atoms with Gasteiger partial charge in [-0.15, -0.1) is 0 Å². The van der Waals surface area contributed by atoms with Gasteiger partial charge < -0.3 is 10.0 Å². The molecule has 1 rings (SSSR count). The third-order valence-corrected chi connectivity index (χ3v) is 3.18. The van der Waals surface area contributed by atoms with Crippen LogP contribution >= 0.6 is 0 Å². The van der Waals surface area contributed by atoms with Crippen molar-refractivity contribution in [2.24, 2.45) is 5.92 Å². The van der Waals surface area contributed by atoms with E-state index in [9.17, 15) is 4.79 Å². The van der Waals surface area contributed by atoms with Gasteiger partial charge in [0, 0.05) is 6.54 Å². The smallest absolute Gasteiger partial charge is 0.307 e. The van der Waals surface area contributed by atoms with Gasteiger partial charge in [-0.2, -0.15) is 0 Å². The molecule has 1 unspecified atom stereocenters. The largest absolute Gasteiger partial charge is 0.481 e. The number of carboxylic acids is 1. The molecule has 1 aromatic carbocycles. The molecular formula is C15H23NO2. The Balaban J connectivity index is 2.29. The Morgan fingerprint density at radius 2 is 2.00 bits per heavy atom. The van der Waals surface area contributed by atoms with Gasteiger partial charge >= 0.3 is 5.97 Å². The molecule has 0 saturated heterocycles. The fourth-order valence-corrected chi connectivity index (χ4v) is 2.00. The Labute approximate surface area is 109 Å². The molecule has 1 N–H and O–H groups in total. The third kappa shape index (κ3) is 5.32. The molecule has 1 aromatic rings. The summed E-state index contributed by atoms with van der Waals surface area (Å²) in [5, 5.41) is 8.90. The minimum absolute atomic E-state index is 0.290. The lowest BCUT2D eigenvalue weighted by molar-refractivity contribution is -0.141. The molecule has 0 fully saturated rings. The summed E-state index contributed by atoms with van der Waals surface area (Å²) in [6.07, 6.45) is 2.13. The van der Waals surface area contributed by atoms with Crippen molar-refractivity contribution < 1.29 is 9.90 Å². The van der Waals surface area contributed by atoms with E-state index in [1.54, 1.807) is 6.92 Å². The van der Waals surface area contributed by atoms with Crippen LogP contribution in [0.25, 0.3) is 0 Å². The van der Waals surface area contributed by atoms with Crippen molar-refractivity contribution in [1.82, 2.24) is 4.90 Å². The minimum Gasteiger partial charge on any atom is -0.481 e. The van der Waals surface area contributed by atoms with Crippen LogP contribution in [0, 0.1) is 5.92 Å². The van der Waals surface area contributed by atoms with Gasteiger partial charge in [-0.3, -0.25) is 4.79 Å². The molecule has 0 saturated carbocycles. The third-order valence-electron chi connectivity index (χ3n) is 3.18. The highest BCUT2D eigenvalue weighted by Crippen LogP contribution is 2.05. The Bertz CT molecular complexity index is 351. The summed E-state index contributed by atoms with van der Waals surface area (Å²) < 4.78 is 0. The zero-order valence-corrected chi connectivity index (χ0v) is 11.3. The van der Waals surface area contributed by atoms with Crippen LogP contribution in [0.2, 0.25) is 0 Å². The van der Waals surface area contributed by atoms with Crippen LogP contribution in [0.5, 0.6) is 0 Å². The number of hydrogen-bond donors (Lipinski definition) is 1. The predicted octanol–water partition coefficient (Wildman–Crippen LogP) is 2.66. The molecule has 0 aliphatic carbocycles. The minimum atomic E-state index is -0.712. The number of aryl methyl sites for hydroxylation is 1. The normalized spacial score (nSPS) is 12.6. The Morgan fingerprint density at radius 1 is 1.33 bits per heavy atom. The second-order valence-electron chi connectivity index (χ2n) is 4.72. The Kier molecular flexibility index (Phi) is 6.44. The SMILES string of the molecule is CCN(CCCc1ccccc1)CC(C)C(=O)O. The molecular weight excluding hydrogens is 226 g/mol. The van der Waals surface area contributed by atoms with Crippen LogP contribution in [0.4, 0.5) is 0 Å². The lowest BCUT2D eigenvalue weighted by Crippen LogP contribution is -2.32. The van der Waals surface area contributed by atoms with E-state index in [1.165, 1.54) is 5.56 Å². The number of nitrogens with zero attached hydrogens (tertiary/aromatic N) is 1. The average Bonchev–Trinajstić information content (AvgIpc) is 2.38. The van der Waals surface area contributed by atoms with Crippen molar-refractivity contribution in [3.05, 3.63) is 35.9 Å². The van der Waals surface area contributed by atoms with Gasteiger partial charge in [0.15, 0.2) is 0 Å². The topological polar surface area (TPSA) is 40.5 Å². The maximum Gasteiger partial charge on any atom is 0.307 e. The van der Waals surface area contributed by atoms with E-state index in [1.807, 2.05) is 6.07 Å². The lowest BCUT2D eigenvalue weighted by Gasteiger charge is -2.22. The number of benzene rings is 1. The Hall–Kier alpha value is -1.35. The lowest BCUT2D eigenvalue weighted by atomic mass is 10.1. The molecule has 3 heteroatoms. The number of aliphatic carboxylic acids is 1. The summed E-state index contributed by atoms with van der Waals surface area (Å²) in [5.74, 6) is -1.00. The van der Waals surface area contributed by atoms with Gasteiger partial charge in [-0.25, -0.2) is 0 Å². The highest BCUT2D eigenvalue weighted by atomic mass is 16.4. The van der Waals surface area contributed by atoms with E-state index in [0.29, 0.717) is 6.54 Å². The highest BCUT2D eigenvalue weighted by molar-refractivity contribution is 5.69. The fraction of sp³-hybridized carbons (Fsp3) is 0.533. The van der Waals surface area contributed by atoms with Crippen molar-refractivity contribution >= 4 is 5.97 Å². The van der Waals surface area contributed by atoms with Crippen LogP contribution in [0.1, 0.15) is 25.8 Å². The zero-order chi connectivity index (χ0) is 13.4.